The van der Waals surface area contributed by atoms with Gasteiger partial charge < -0.3 is 10.6 Å². The number of anilines is 2. The quantitative estimate of drug-likeness (QED) is 0.342. The van der Waals surface area contributed by atoms with Gasteiger partial charge in [-0.1, -0.05) is 35.9 Å². The highest BCUT2D eigenvalue weighted by Crippen LogP contribution is 2.39. The summed E-state index contributed by atoms with van der Waals surface area (Å²) in [5.74, 6) is 0.340. The zero-order chi connectivity index (χ0) is 25.4. The molecule has 1 aliphatic heterocycles. The lowest BCUT2D eigenvalue weighted by Crippen LogP contribution is -2.46. The fourth-order valence-electron chi connectivity index (χ4n) is 3.68. The van der Waals surface area contributed by atoms with Gasteiger partial charge >= 0.3 is 6.18 Å². The molecule has 3 rings (SSSR count). The van der Waals surface area contributed by atoms with Crippen LogP contribution in [0.25, 0.3) is 0 Å². The van der Waals surface area contributed by atoms with Crippen LogP contribution in [0.2, 0.25) is 0 Å². The average molecular weight is 549 g/mol. The lowest BCUT2D eigenvalue weighted by Gasteiger charge is -2.37. The summed E-state index contributed by atoms with van der Waals surface area (Å²) in [6.45, 7) is 7.40. The Morgan fingerprint density at radius 1 is 1.14 bits per heavy atom. The van der Waals surface area contributed by atoms with Crippen LogP contribution >= 0.6 is 15.9 Å². The molecule has 0 amide bonds. The number of aliphatic imine (C=N–C) groups is 1. The largest absolute Gasteiger partial charge is 0.433 e. The van der Waals surface area contributed by atoms with E-state index in [1.165, 1.54) is 12.3 Å². The van der Waals surface area contributed by atoms with Gasteiger partial charge in [0.1, 0.15) is 11.4 Å². The van der Waals surface area contributed by atoms with E-state index < -0.39 is 11.9 Å². The molecule has 1 aliphatic rings. The second-order valence-electron chi connectivity index (χ2n) is 8.07. The maximum atomic E-state index is 12.7. The predicted molar refractivity (Wildman–Crippen MR) is 139 cm³/mol. The van der Waals surface area contributed by atoms with Gasteiger partial charge in [0.15, 0.2) is 5.82 Å². The van der Waals surface area contributed by atoms with Crippen LogP contribution in [-0.4, -0.2) is 47.3 Å². The molecule has 0 saturated carbocycles. The Bertz CT molecular complexity index is 1120. The Morgan fingerprint density at radius 2 is 1.89 bits per heavy atom. The highest BCUT2D eigenvalue weighted by Gasteiger charge is 2.32. The summed E-state index contributed by atoms with van der Waals surface area (Å²) in [7, 11) is 0. The molecule has 186 valence electrons. The zero-order valence-electron chi connectivity index (χ0n) is 19.6. The second-order valence-corrected chi connectivity index (χ2v) is 8.93. The van der Waals surface area contributed by atoms with Gasteiger partial charge in [-0.25, -0.2) is 4.98 Å². The molecule has 0 unspecified atom stereocenters. The molecule has 1 saturated heterocycles. The SMILES string of the molecule is C\C=C/C(C)=C\C=C\C=Nc1c(N)ncc(Br)c1N1CCN(Cc2ccc(C(F)(F)F)nc2)CC1. The van der Waals surface area contributed by atoms with Crippen molar-refractivity contribution in [1.82, 2.24) is 14.9 Å². The smallest absolute Gasteiger partial charge is 0.382 e. The van der Waals surface area contributed by atoms with Gasteiger partial charge in [0.25, 0.3) is 0 Å². The molecule has 1 fully saturated rings. The van der Waals surface area contributed by atoms with Crippen LogP contribution in [0.5, 0.6) is 0 Å². The summed E-state index contributed by atoms with van der Waals surface area (Å²) in [5, 5.41) is 0. The fourth-order valence-corrected chi connectivity index (χ4v) is 4.22. The van der Waals surface area contributed by atoms with Gasteiger partial charge in [0.2, 0.25) is 0 Å². The van der Waals surface area contributed by atoms with Crippen molar-refractivity contribution in [2.24, 2.45) is 4.99 Å². The van der Waals surface area contributed by atoms with E-state index in [2.05, 4.69) is 40.7 Å². The van der Waals surface area contributed by atoms with E-state index in [9.17, 15) is 13.2 Å². The van der Waals surface area contributed by atoms with Crippen LogP contribution in [0.4, 0.5) is 30.4 Å². The molecule has 0 radical (unpaired) electrons. The Morgan fingerprint density at radius 3 is 2.51 bits per heavy atom. The summed E-state index contributed by atoms with van der Waals surface area (Å²) < 4.78 is 39.0. The first-order chi connectivity index (χ1) is 16.7. The van der Waals surface area contributed by atoms with E-state index in [0.717, 1.165) is 40.5 Å². The number of nitrogen functional groups attached to an aromatic ring is 1. The standard InChI is InChI=1S/C25H28BrF3N6/c1-3-6-18(2)7-4-5-10-31-22-23(20(26)16-33-24(22)30)35-13-11-34(12-14-35)17-19-8-9-21(32-15-19)25(27,28)29/h3-10,15-16H,11-14,17H2,1-2H3,(H2,30,33)/b5-4+,6-3-,18-7-,31-10?. The molecular formula is C25H28BrF3N6. The molecule has 0 atom stereocenters. The number of pyridine rings is 2. The van der Waals surface area contributed by atoms with E-state index in [4.69, 9.17) is 5.73 Å². The van der Waals surface area contributed by atoms with Gasteiger partial charge in [-0.2, -0.15) is 13.2 Å². The van der Waals surface area contributed by atoms with Crippen molar-refractivity contribution in [3.63, 3.8) is 0 Å². The Labute approximate surface area is 211 Å². The van der Waals surface area contributed by atoms with Gasteiger partial charge in [0, 0.05) is 51.3 Å². The minimum Gasteiger partial charge on any atom is -0.382 e. The monoisotopic (exact) mass is 548 g/mol. The summed E-state index contributed by atoms with van der Waals surface area (Å²) in [4.78, 5) is 16.7. The number of aromatic nitrogens is 2. The first-order valence-corrected chi connectivity index (χ1v) is 11.9. The summed E-state index contributed by atoms with van der Waals surface area (Å²) in [6.07, 6.45) is 9.97. The van der Waals surface area contributed by atoms with Crippen molar-refractivity contribution in [1.29, 1.82) is 0 Å². The van der Waals surface area contributed by atoms with Crippen molar-refractivity contribution < 1.29 is 13.2 Å². The summed E-state index contributed by atoms with van der Waals surface area (Å²) >= 11 is 3.58. The Kier molecular flexibility index (Phi) is 9.22. The van der Waals surface area contributed by atoms with Crippen LogP contribution in [0.15, 0.2) is 69.9 Å². The number of allylic oxidation sites excluding steroid dienone is 6. The second kappa shape index (κ2) is 12.1. The van der Waals surface area contributed by atoms with Crippen LogP contribution in [0.1, 0.15) is 25.1 Å². The predicted octanol–water partition coefficient (Wildman–Crippen LogP) is 5.94. The lowest BCUT2D eigenvalue weighted by atomic mass is 10.2. The molecule has 0 aliphatic carbocycles. The molecule has 35 heavy (non-hydrogen) atoms. The van der Waals surface area contributed by atoms with Crippen LogP contribution in [0.3, 0.4) is 0 Å². The van der Waals surface area contributed by atoms with Gasteiger partial charge in [-0.05, 0) is 47.5 Å². The number of rotatable bonds is 7. The lowest BCUT2D eigenvalue weighted by molar-refractivity contribution is -0.141. The molecular weight excluding hydrogens is 521 g/mol. The summed E-state index contributed by atoms with van der Waals surface area (Å²) in [6, 6.07) is 2.51. The van der Waals surface area contributed by atoms with E-state index >= 15 is 0 Å². The normalized spacial score (nSPS) is 16.3. The number of piperazine rings is 1. The molecule has 2 aromatic rings. The van der Waals surface area contributed by atoms with Crippen LogP contribution in [-0.2, 0) is 12.7 Å². The Hall–Kier alpha value is -2.98. The third-order valence-corrected chi connectivity index (χ3v) is 5.99. The van der Waals surface area contributed by atoms with E-state index in [0.29, 0.717) is 31.1 Å². The van der Waals surface area contributed by atoms with Gasteiger partial charge in [0.05, 0.1) is 10.2 Å². The first-order valence-electron chi connectivity index (χ1n) is 11.1. The van der Waals surface area contributed by atoms with Crippen molar-refractivity contribution in [3.05, 3.63) is 76.2 Å². The van der Waals surface area contributed by atoms with Gasteiger partial charge in [-0.3, -0.25) is 14.9 Å². The number of nitrogens with zero attached hydrogens (tertiary/aromatic N) is 5. The Balaban J connectivity index is 1.67. The van der Waals surface area contributed by atoms with Crippen LogP contribution in [0, 0.1) is 0 Å². The number of halogens is 4. The third kappa shape index (κ3) is 7.50. The minimum absolute atomic E-state index is 0.340. The van der Waals surface area contributed by atoms with Crippen molar-refractivity contribution >= 4 is 39.3 Å². The highest BCUT2D eigenvalue weighted by molar-refractivity contribution is 9.10. The third-order valence-electron chi connectivity index (χ3n) is 5.41. The van der Waals surface area contributed by atoms with Crippen molar-refractivity contribution in [3.8, 4) is 0 Å². The average Bonchev–Trinajstić information content (AvgIpc) is 2.82. The molecule has 2 N–H and O–H groups in total. The maximum absolute atomic E-state index is 12.7. The fraction of sp³-hybridized carbons (Fsp3) is 0.320. The van der Waals surface area contributed by atoms with Crippen LogP contribution < -0.4 is 10.6 Å². The first kappa shape index (κ1) is 26.6. The molecule has 6 nitrogen and oxygen atoms in total. The van der Waals surface area contributed by atoms with Gasteiger partial charge in [-0.15, -0.1) is 0 Å². The molecule has 0 bridgehead atoms. The molecule has 0 aromatic carbocycles. The van der Waals surface area contributed by atoms with Crippen molar-refractivity contribution in [2.45, 2.75) is 26.6 Å². The topological polar surface area (TPSA) is 70.6 Å². The molecule has 0 spiro atoms. The molecule has 2 aromatic heterocycles. The number of alkyl halides is 3. The number of nitrogens with two attached hydrogens (primary N) is 1. The number of hydrogen-bond donors (Lipinski definition) is 1. The highest BCUT2D eigenvalue weighted by atomic mass is 79.9. The van der Waals surface area contributed by atoms with Crippen molar-refractivity contribution in [2.75, 3.05) is 36.8 Å². The minimum atomic E-state index is -4.43. The summed E-state index contributed by atoms with van der Waals surface area (Å²) in [5.41, 5.74) is 8.63. The van der Waals surface area contributed by atoms with E-state index in [-0.39, 0.29) is 0 Å². The molecule has 3 heterocycles. The zero-order valence-corrected chi connectivity index (χ0v) is 21.2. The van der Waals surface area contributed by atoms with E-state index in [1.807, 2.05) is 44.2 Å². The number of hydrogen-bond acceptors (Lipinski definition) is 6. The van der Waals surface area contributed by atoms with E-state index in [1.54, 1.807) is 12.4 Å². The maximum Gasteiger partial charge on any atom is 0.433 e. The molecule has 10 heteroatoms.